The molecule has 0 saturated carbocycles. The zero-order valence-corrected chi connectivity index (χ0v) is 12.1. The van der Waals surface area contributed by atoms with Crippen molar-refractivity contribution in [3.05, 3.63) is 34.1 Å². The molecule has 1 aliphatic rings. The van der Waals surface area contributed by atoms with Crippen LogP contribution in [-0.4, -0.2) is 29.9 Å². The van der Waals surface area contributed by atoms with Crippen molar-refractivity contribution in [1.82, 2.24) is 4.90 Å². The lowest BCUT2D eigenvalue weighted by Gasteiger charge is -2.30. The van der Waals surface area contributed by atoms with Crippen LogP contribution in [0.2, 0.25) is 0 Å². The largest absolute Gasteiger partial charge is 0.337 e. The van der Waals surface area contributed by atoms with E-state index in [9.17, 15) is 9.18 Å². The van der Waals surface area contributed by atoms with Crippen LogP contribution in [0.15, 0.2) is 22.7 Å². The fourth-order valence-corrected chi connectivity index (χ4v) is 2.52. The molecule has 3 nitrogen and oxygen atoms in total. The van der Waals surface area contributed by atoms with Crippen molar-refractivity contribution in [3.63, 3.8) is 0 Å². The maximum absolute atomic E-state index is 13.2. The Bertz CT molecular complexity index is 424. The molecule has 1 aromatic carbocycles. The van der Waals surface area contributed by atoms with Crippen LogP contribution in [0.5, 0.6) is 0 Å². The van der Waals surface area contributed by atoms with Crippen molar-refractivity contribution in [2.45, 2.75) is 18.9 Å². The number of rotatable bonds is 1. The Hall–Kier alpha value is -0.650. The molecule has 1 saturated heterocycles. The van der Waals surface area contributed by atoms with Gasteiger partial charge in [0.2, 0.25) is 0 Å². The first-order chi connectivity index (χ1) is 8.06. The standard InChI is InChI=1S/C12H14BrFN2O.ClH/c13-9-4-8(5-10(14)6-9)12(17)16-3-1-2-11(15)7-16;/h4-6,11H,1-3,7,15H2;1H/t11-;/m1./s1. The number of carbonyl (C=O) groups is 1. The van der Waals surface area contributed by atoms with Crippen LogP contribution in [0.1, 0.15) is 23.2 Å². The van der Waals surface area contributed by atoms with E-state index in [0.29, 0.717) is 23.1 Å². The van der Waals surface area contributed by atoms with E-state index >= 15 is 0 Å². The minimum Gasteiger partial charge on any atom is -0.337 e. The van der Waals surface area contributed by atoms with Gasteiger partial charge in [-0.2, -0.15) is 0 Å². The lowest BCUT2D eigenvalue weighted by atomic mass is 10.1. The maximum atomic E-state index is 13.2. The Labute approximate surface area is 120 Å². The molecule has 100 valence electrons. The number of benzene rings is 1. The highest BCUT2D eigenvalue weighted by molar-refractivity contribution is 9.10. The van der Waals surface area contributed by atoms with E-state index in [1.165, 1.54) is 12.1 Å². The van der Waals surface area contributed by atoms with Gasteiger partial charge in [-0.25, -0.2) is 4.39 Å². The van der Waals surface area contributed by atoms with Crippen LogP contribution in [-0.2, 0) is 0 Å². The fourth-order valence-electron chi connectivity index (χ4n) is 2.05. The summed E-state index contributed by atoms with van der Waals surface area (Å²) >= 11 is 3.18. The van der Waals surface area contributed by atoms with Gasteiger partial charge in [0.1, 0.15) is 5.82 Å². The lowest BCUT2D eigenvalue weighted by molar-refractivity contribution is 0.0708. The molecule has 0 unspecified atom stereocenters. The summed E-state index contributed by atoms with van der Waals surface area (Å²) < 4.78 is 13.8. The lowest BCUT2D eigenvalue weighted by Crippen LogP contribution is -2.45. The van der Waals surface area contributed by atoms with Gasteiger partial charge >= 0.3 is 0 Å². The molecule has 1 amide bonds. The molecule has 1 heterocycles. The van der Waals surface area contributed by atoms with Gasteiger partial charge in [-0.1, -0.05) is 15.9 Å². The molecule has 1 aliphatic heterocycles. The Kier molecular flexibility index (Phi) is 5.56. The quantitative estimate of drug-likeness (QED) is 0.856. The highest BCUT2D eigenvalue weighted by Gasteiger charge is 2.22. The van der Waals surface area contributed by atoms with E-state index in [-0.39, 0.29) is 24.4 Å². The first-order valence-corrected chi connectivity index (χ1v) is 6.36. The van der Waals surface area contributed by atoms with Gasteiger partial charge in [0.25, 0.3) is 5.91 Å². The predicted octanol–water partition coefficient (Wildman–Crippen LogP) is 2.57. The summed E-state index contributed by atoms with van der Waals surface area (Å²) in [4.78, 5) is 13.8. The second-order valence-corrected chi connectivity index (χ2v) is 5.23. The Balaban J connectivity index is 0.00000162. The van der Waals surface area contributed by atoms with Gasteiger partial charge in [-0.3, -0.25) is 4.79 Å². The number of nitrogens with two attached hydrogens (primary N) is 1. The highest BCUT2D eigenvalue weighted by Crippen LogP contribution is 2.18. The number of likely N-dealkylation sites (tertiary alicyclic amines) is 1. The maximum Gasteiger partial charge on any atom is 0.254 e. The number of piperidine rings is 1. The number of carbonyl (C=O) groups excluding carboxylic acids is 1. The molecule has 1 aromatic rings. The molecule has 0 aliphatic carbocycles. The highest BCUT2D eigenvalue weighted by atomic mass is 79.9. The van der Waals surface area contributed by atoms with Crippen molar-refractivity contribution in [2.75, 3.05) is 13.1 Å². The summed E-state index contributed by atoms with van der Waals surface area (Å²) in [5, 5.41) is 0. The smallest absolute Gasteiger partial charge is 0.254 e. The van der Waals surface area contributed by atoms with Gasteiger partial charge in [-0.05, 0) is 31.0 Å². The van der Waals surface area contributed by atoms with Gasteiger partial charge in [0, 0.05) is 29.2 Å². The van der Waals surface area contributed by atoms with Crippen molar-refractivity contribution in [1.29, 1.82) is 0 Å². The monoisotopic (exact) mass is 336 g/mol. The number of nitrogens with zero attached hydrogens (tertiary/aromatic N) is 1. The van der Waals surface area contributed by atoms with Crippen molar-refractivity contribution < 1.29 is 9.18 Å². The second-order valence-electron chi connectivity index (χ2n) is 4.31. The van der Waals surface area contributed by atoms with Gasteiger partial charge in [0.05, 0.1) is 0 Å². The summed E-state index contributed by atoms with van der Waals surface area (Å²) in [5.41, 5.74) is 6.19. The van der Waals surface area contributed by atoms with Crippen LogP contribution in [0.4, 0.5) is 4.39 Å². The van der Waals surface area contributed by atoms with E-state index in [1.54, 1.807) is 11.0 Å². The van der Waals surface area contributed by atoms with Gasteiger partial charge < -0.3 is 10.6 Å². The molecule has 1 atom stereocenters. The molecule has 0 spiro atoms. The molecule has 0 bridgehead atoms. The van der Waals surface area contributed by atoms with Crippen LogP contribution in [0.3, 0.4) is 0 Å². The molecule has 18 heavy (non-hydrogen) atoms. The van der Waals surface area contributed by atoms with E-state index < -0.39 is 5.82 Å². The minimum atomic E-state index is -0.413. The van der Waals surface area contributed by atoms with Crippen molar-refractivity contribution in [3.8, 4) is 0 Å². The SMILES string of the molecule is Cl.N[C@@H]1CCCN(C(=O)c2cc(F)cc(Br)c2)C1. The van der Waals surface area contributed by atoms with Gasteiger partial charge in [0.15, 0.2) is 0 Å². The van der Waals surface area contributed by atoms with Crippen molar-refractivity contribution in [2.24, 2.45) is 5.73 Å². The third-order valence-electron chi connectivity index (χ3n) is 2.85. The summed E-state index contributed by atoms with van der Waals surface area (Å²) in [6, 6.07) is 4.25. The van der Waals surface area contributed by atoms with Crippen LogP contribution < -0.4 is 5.73 Å². The molecule has 0 aromatic heterocycles. The Morgan fingerprint density at radius 1 is 1.44 bits per heavy atom. The second kappa shape index (κ2) is 6.50. The Morgan fingerprint density at radius 2 is 2.17 bits per heavy atom. The number of hydrogen-bond donors (Lipinski definition) is 1. The van der Waals surface area contributed by atoms with Crippen LogP contribution in [0, 0.1) is 5.82 Å². The number of amides is 1. The molecule has 1 fully saturated rings. The van der Waals surface area contributed by atoms with Gasteiger partial charge in [-0.15, -0.1) is 12.4 Å². The zero-order chi connectivity index (χ0) is 12.4. The van der Waals surface area contributed by atoms with Crippen molar-refractivity contribution >= 4 is 34.2 Å². The van der Waals surface area contributed by atoms with E-state index in [0.717, 1.165) is 12.8 Å². The van der Waals surface area contributed by atoms with E-state index in [4.69, 9.17) is 5.73 Å². The third kappa shape index (κ3) is 3.67. The third-order valence-corrected chi connectivity index (χ3v) is 3.31. The molecule has 2 N–H and O–H groups in total. The molecule has 2 rings (SSSR count). The first kappa shape index (κ1) is 15.4. The fraction of sp³-hybridized carbons (Fsp3) is 0.417. The summed E-state index contributed by atoms with van der Waals surface area (Å²) in [6.45, 7) is 1.24. The average molecular weight is 338 g/mol. The molecular formula is C12H15BrClFN2O. The normalized spacial score (nSPS) is 19.3. The summed E-state index contributed by atoms with van der Waals surface area (Å²) in [7, 11) is 0. The summed E-state index contributed by atoms with van der Waals surface area (Å²) in [5.74, 6) is -0.565. The van der Waals surface area contributed by atoms with Crippen LogP contribution in [0.25, 0.3) is 0 Å². The van der Waals surface area contributed by atoms with Crippen LogP contribution >= 0.6 is 28.3 Å². The predicted molar refractivity (Wildman–Crippen MR) is 74.5 cm³/mol. The molecule has 0 radical (unpaired) electrons. The summed E-state index contributed by atoms with van der Waals surface area (Å²) in [6.07, 6.45) is 1.85. The topological polar surface area (TPSA) is 46.3 Å². The minimum absolute atomic E-state index is 0. The number of halogens is 3. The molecule has 6 heteroatoms. The average Bonchev–Trinajstić information content (AvgIpc) is 2.26. The first-order valence-electron chi connectivity index (χ1n) is 5.57. The van der Waals surface area contributed by atoms with E-state index in [1.807, 2.05) is 0 Å². The Morgan fingerprint density at radius 3 is 2.78 bits per heavy atom. The zero-order valence-electron chi connectivity index (χ0n) is 9.73. The van der Waals surface area contributed by atoms with E-state index in [2.05, 4.69) is 15.9 Å². The number of hydrogen-bond acceptors (Lipinski definition) is 2. The molecular weight excluding hydrogens is 322 g/mol.